The minimum atomic E-state index is -1.14. The van der Waals surface area contributed by atoms with Gasteiger partial charge in [-0.15, -0.1) is 0 Å². The number of carboxylic acid groups (broad SMARTS) is 1. The number of H-pyrrole nitrogens is 1. The van der Waals surface area contributed by atoms with Crippen LogP contribution in [0.2, 0.25) is 5.02 Å². The zero-order valence-electron chi connectivity index (χ0n) is 7.87. The van der Waals surface area contributed by atoms with Gasteiger partial charge in [0.25, 0.3) is 0 Å². The number of halogens is 2. The quantitative estimate of drug-likeness (QED) is 0.848. The van der Waals surface area contributed by atoms with E-state index in [1.807, 2.05) is 0 Å². The Morgan fingerprint density at radius 3 is 2.81 bits per heavy atom. The highest BCUT2D eigenvalue weighted by molar-refractivity contribution is 6.30. The van der Waals surface area contributed by atoms with Crippen molar-refractivity contribution in [2.24, 2.45) is 0 Å². The molecule has 2 rings (SSSR count). The highest BCUT2D eigenvalue weighted by atomic mass is 35.5. The van der Waals surface area contributed by atoms with Gasteiger partial charge in [0.2, 0.25) is 0 Å². The number of aromatic nitrogens is 2. The molecule has 0 fully saturated rings. The molecule has 0 unspecified atom stereocenters. The van der Waals surface area contributed by atoms with Crippen LogP contribution in [0.4, 0.5) is 4.39 Å². The van der Waals surface area contributed by atoms with Crippen molar-refractivity contribution in [1.29, 1.82) is 0 Å². The van der Waals surface area contributed by atoms with Crippen LogP contribution in [-0.4, -0.2) is 21.3 Å². The number of aromatic amines is 1. The van der Waals surface area contributed by atoms with Crippen LogP contribution < -0.4 is 0 Å². The van der Waals surface area contributed by atoms with Gasteiger partial charge in [-0.1, -0.05) is 11.6 Å². The molecule has 0 aliphatic carbocycles. The first kappa shape index (κ1) is 10.6. The first-order valence-corrected chi connectivity index (χ1v) is 4.69. The van der Waals surface area contributed by atoms with Gasteiger partial charge in [-0.25, -0.2) is 9.18 Å². The fourth-order valence-electron chi connectivity index (χ4n) is 1.37. The predicted octanol–water partition coefficient (Wildman–Crippen LogP) is 2.57. The molecule has 0 bridgehead atoms. The average Bonchev–Trinajstić information content (AvgIpc) is 2.63. The number of hydrogen-bond acceptors (Lipinski definition) is 2. The fraction of sp³-hybridized carbons (Fsp3) is 0. The largest absolute Gasteiger partial charge is 0.478 e. The smallest absolute Gasteiger partial charge is 0.339 e. The number of hydrogen-bond donors (Lipinski definition) is 2. The summed E-state index contributed by atoms with van der Waals surface area (Å²) in [6.07, 6.45) is 1.16. The van der Waals surface area contributed by atoms with Crippen molar-refractivity contribution >= 4 is 17.6 Å². The Morgan fingerprint density at radius 1 is 1.44 bits per heavy atom. The zero-order chi connectivity index (χ0) is 11.7. The third-order valence-corrected chi connectivity index (χ3v) is 2.24. The van der Waals surface area contributed by atoms with E-state index in [2.05, 4.69) is 10.2 Å². The lowest BCUT2D eigenvalue weighted by Crippen LogP contribution is -1.97. The van der Waals surface area contributed by atoms with E-state index in [-0.39, 0.29) is 16.3 Å². The second kappa shape index (κ2) is 3.94. The number of rotatable bonds is 2. The van der Waals surface area contributed by atoms with Crippen LogP contribution in [0.25, 0.3) is 11.3 Å². The highest BCUT2D eigenvalue weighted by Gasteiger charge is 2.14. The SMILES string of the molecule is O=C(O)c1cn[nH]c1-c1cc(F)cc(Cl)c1. The van der Waals surface area contributed by atoms with Crippen molar-refractivity contribution in [2.75, 3.05) is 0 Å². The van der Waals surface area contributed by atoms with Crippen molar-refractivity contribution in [2.45, 2.75) is 0 Å². The summed E-state index contributed by atoms with van der Waals surface area (Å²) in [5, 5.41) is 15.2. The van der Waals surface area contributed by atoms with Crippen molar-refractivity contribution < 1.29 is 14.3 Å². The first-order valence-electron chi connectivity index (χ1n) is 4.31. The van der Waals surface area contributed by atoms with Crippen LogP contribution in [-0.2, 0) is 0 Å². The summed E-state index contributed by atoms with van der Waals surface area (Å²) in [6.45, 7) is 0. The molecule has 1 aromatic heterocycles. The third-order valence-electron chi connectivity index (χ3n) is 2.02. The third kappa shape index (κ3) is 1.90. The predicted molar refractivity (Wildman–Crippen MR) is 56.0 cm³/mol. The van der Waals surface area contributed by atoms with Gasteiger partial charge >= 0.3 is 5.97 Å². The number of nitrogens with one attached hydrogen (secondary N) is 1. The maximum Gasteiger partial charge on any atom is 0.339 e. The molecule has 0 spiro atoms. The van der Waals surface area contributed by atoms with Gasteiger partial charge in [-0.3, -0.25) is 5.10 Å². The normalized spacial score (nSPS) is 10.4. The maximum atomic E-state index is 13.1. The standard InChI is InChI=1S/C10H6ClFN2O2/c11-6-1-5(2-7(12)3-6)9-8(10(15)16)4-13-14-9/h1-4H,(H,13,14)(H,15,16). The van der Waals surface area contributed by atoms with Gasteiger partial charge < -0.3 is 5.11 Å². The Bertz CT molecular complexity index is 533. The van der Waals surface area contributed by atoms with E-state index in [9.17, 15) is 9.18 Å². The van der Waals surface area contributed by atoms with E-state index in [0.717, 1.165) is 12.3 Å². The molecule has 0 amide bonds. The first-order chi connectivity index (χ1) is 7.58. The number of carbonyl (C=O) groups is 1. The minimum Gasteiger partial charge on any atom is -0.478 e. The summed E-state index contributed by atoms with van der Waals surface area (Å²) in [5.41, 5.74) is 0.551. The molecule has 6 heteroatoms. The summed E-state index contributed by atoms with van der Waals surface area (Å²) in [7, 11) is 0. The van der Waals surface area contributed by atoms with Crippen molar-refractivity contribution in [3.05, 3.63) is 40.8 Å². The van der Waals surface area contributed by atoms with Crippen molar-refractivity contribution in [3.63, 3.8) is 0 Å². The monoisotopic (exact) mass is 240 g/mol. The summed E-state index contributed by atoms with van der Waals surface area (Å²) < 4.78 is 13.1. The Labute approximate surface area is 94.7 Å². The van der Waals surface area contributed by atoms with E-state index in [0.29, 0.717) is 5.56 Å². The van der Waals surface area contributed by atoms with Crippen molar-refractivity contribution in [3.8, 4) is 11.3 Å². The molecule has 16 heavy (non-hydrogen) atoms. The van der Waals surface area contributed by atoms with Gasteiger partial charge in [-0.05, 0) is 18.2 Å². The lowest BCUT2D eigenvalue weighted by molar-refractivity contribution is 0.0698. The van der Waals surface area contributed by atoms with E-state index < -0.39 is 11.8 Å². The van der Waals surface area contributed by atoms with E-state index in [1.54, 1.807) is 0 Å². The maximum absolute atomic E-state index is 13.1. The van der Waals surface area contributed by atoms with Gasteiger partial charge in [0, 0.05) is 10.6 Å². The number of benzene rings is 1. The Hall–Kier alpha value is -1.88. The molecular formula is C10H6ClFN2O2. The molecule has 0 aliphatic rings. The van der Waals surface area contributed by atoms with Crippen LogP contribution in [0.3, 0.4) is 0 Å². The summed E-state index contributed by atoms with van der Waals surface area (Å²) in [4.78, 5) is 10.8. The van der Waals surface area contributed by atoms with Gasteiger partial charge in [0.1, 0.15) is 11.4 Å². The average molecular weight is 241 g/mol. The number of aromatic carboxylic acids is 1. The molecule has 2 N–H and O–H groups in total. The molecule has 0 atom stereocenters. The zero-order valence-corrected chi connectivity index (χ0v) is 8.62. The lowest BCUT2D eigenvalue weighted by atomic mass is 10.1. The molecule has 0 aliphatic heterocycles. The van der Waals surface area contributed by atoms with Crippen LogP contribution in [0.5, 0.6) is 0 Å². The molecule has 82 valence electrons. The highest BCUT2D eigenvalue weighted by Crippen LogP contribution is 2.25. The van der Waals surface area contributed by atoms with E-state index in [4.69, 9.17) is 16.7 Å². The number of nitrogens with zero attached hydrogens (tertiary/aromatic N) is 1. The molecule has 0 saturated heterocycles. The van der Waals surface area contributed by atoms with Crippen LogP contribution >= 0.6 is 11.6 Å². The summed E-state index contributed by atoms with van der Waals surface area (Å²) >= 11 is 5.68. The van der Waals surface area contributed by atoms with Gasteiger partial charge in [0.05, 0.1) is 11.9 Å². The summed E-state index contributed by atoms with van der Waals surface area (Å²) in [6, 6.07) is 3.79. The minimum absolute atomic E-state index is 0.0262. The molecule has 4 nitrogen and oxygen atoms in total. The van der Waals surface area contributed by atoms with E-state index in [1.165, 1.54) is 12.1 Å². The van der Waals surface area contributed by atoms with Crippen LogP contribution in [0.15, 0.2) is 24.4 Å². The number of carboxylic acids is 1. The summed E-state index contributed by atoms with van der Waals surface area (Å²) in [5.74, 6) is -1.67. The topological polar surface area (TPSA) is 66.0 Å². The Balaban J connectivity index is 2.58. The second-order valence-electron chi connectivity index (χ2n) is 3.12. The van der Waals surface area contributed by atoms with E-state index >= 15 is 0 Å². The molecule has 1 heterocycles. The van der Waals surface area contributed by atoms with Crippen LogP contribution in [0.1, 0.15) is 10.4 Å². The van der Waals surface area contributed by atoms with Gasteiger partial charge in [-0.2, -0.15) is 5.10 Å². The fourth-order valence-corrected chi connectivity index (χ4v) is 1.59. The van der Waals surface area contributed by atoms with Gasteiger partial charge in [0.15, 0.2) is 0 Å². The molecule has 2 aromatic rings. The van der Waals surface area contributed by atoms with Crippen LogP contribution in [0, 0.1) is 5.82 Å². The second-order valence-corrected chi connectivity index (χ2v) is 3.56. The molecule has 0 saturated carbocycles. The molecule has 1 aromatic carbocycles. The lowest BCUT2D eigenvalue weighted by Gasteiger charge is -2.01. The Morgan fingerprint density at radius 2 is 2.19 bits per heavy atom. The van der Waals surface area contributed by atoms with Crippen molar-refractivity contribution in [1.82, 2.24) is 10.2 Å². The molecular weight excluding hydrogens is 235 g/mol. The Kier molecular flexibility index (Phi) is 2.62. The molecule has 0 radical (unpaired) electrons.